The summed E-state index contributed by atoms with van der Waals surface area (Å²) in [7, 11) is 0. The van der Waals surface area contributed by atoms with Crippen molar-refractivity contribution < 1.29 is 22.7 Å². The number of nitrogens with one attached hydrogen (secondary N) is 1. The molecule has 5 nitrogen and oxygen atoms in total. The Morgan fingerprint density at radius 1 is 1.32 bits per heavy atom. The van der Waals surface area contributed by atoms with E-state index in [-0.39, 0.29) is 18.2 Å². The van der Waals surface area contributed by atoms with Crippen LogP contribution in [0.5, 0.6) is 0 Å². The van der Waals surface area contributed by atoms with Gasteiger partial charge in [-0.3, -0.25) is 0 Å². The smallest absolute Gasteiger partial charge is 0.417 e. The maximum atomic E-state index is 12.6. The van der Waals surface area contributed by atoms with E-state index in [1.54, 1.807) is 25.7 Å². The molecule has 1 amide bonds. The summed E-state index contributed by atoms with van der Waals surface area (Å²) in [5, 5.41) is 3.13. The van der Waals surface area contributed by atoms with E-state index in [9.17, 15) is 18.0 Å². The van der Waals surface area contributed by atoms with Crippen molar-refractivity contribution in [3.05, 3.63) is 23.9 Å². The maximum Gasteiger partial charge on any atom is 0.417 e. The summed E-state index contributed by atoms with van der Waals surface area (Å²) in [5.74, 6) is 0.357. The lowest BCUT2D eigenvalue weighted by Gasteiger charge is -2.40. The lowest BCUT2D eigenvalue weighted by Crippen LogP contribution is -2.53. The SMILES string of the molecule is C[C@@H]1[C@@H](Nc2ccc(C(F)(F)F)cn2)CCCN1C(=O)OC(C)(C)C. The van der Waals surface area contributed by atoms with Crippen LogP contribution in [0.25, 0.3) is 0 Å². The minimum atomic E-state index is -4.41. The Bertz CT molecular complexity index is 597. The van der Waals surface area contributed by atoms with Crippen LogP contribution in [-0.2, 0) is 10.9 Å². The zero-order valence-corrected chi connectivity index (χ0v) is 14.9. The number of piperidine rings is 1. The van der Waals surface area contributed by atoms with Crippen molar-refractivity contribution in [2.24, 2.45) is 0 Å². The Morgan fingerprint density at radius 3 is 2.52 bits per heavy atom. The third kappa shape index (κ3) is 5.24. The van der Waals surface area contributed by atoms with Crippen molar-refractivity contribution in [3.8, 4) is 0 Å². The molecule has 25 heavy (non-hydrogen) atoms. The quantitative estimate of drug-likeness (QED) is 0.855. The summed E-state index contributed by atoms with van der Waals surface area (Å²) in [4.78, 5) is 17.8. The molecule has 1 aromatic heterocycles. The number of alkyl halides is 3. The summed E-state index contributed by atoms with van der Waals surface area (Å²) < 4.78 is 43.2. The van der Waals surface area contributed by atoms with Gasteiger partial charge in [-0.25, -0.2) is 9.78 Å². The lowest BCUT2D eigenvalue weighted by atomic mass is 9.98. The van der Waals surface area contributed by atoms with Gasteiger partial charge >= 0.3 is 12.3 Å². The molecule has 1 N–H and O–H groups in total. The highest BCUT2D eigenvalue weighted by molar-refractivity contribution is 5.69. The topological polar surface area (TPSA) is 54.5 Å². The van der Waals surface area contributed by atoms with Gasteiger partial charge in [0.25, 0.3) is 0 Å². The third-order valence-electron chi connectivity index (χ3n) is 4.04. The van der Waals surface area contributed by atoms with Gasteiger partial charge in [-0.2, -0.15) is 13.2 Å². The molecular weight excluding hydrogens is 335 g/mol. The monoisotopic (exact) mass is 359 g/mol. The second-order valence-corrected chi connectivity index (χ2v) is 7.24. The second kappa shape index (κ2) is 7.09. The number of amides is 1. The molecule has 0 spiro atoms. The minimum absolute atomic E-state index is 0.106. The van der Waals surface area contributed by atoms with E-state index in [2.05, 4.69) is 10.3 Å². The average molecular weight is 359 g/mol. The highest BCUT2D eigenvalue weighted by atomic mass is 19.4. The van der Waals surface area contributed by atoms with Crippen LogP contribution in [0.15, 0.2) is 18.3 Å². The van der Waals surface area contributed by atoms with Crippen LogP contribution in [0.4, 0.5) is 23.8 Å². The summed E-state index contributed by atoms with van der Waals surface area (Å²) >= 11 is 0. The highest BCUT2D eigenvalue weighted by Gasteiger charge is 2.34. The molecule has 0 aliphatic carbocycles. The Kier molecular flexibility index (Phi) is 5.49. The maximum absolute atomic E-state index is 12.6. The van der Waals surface area contributed by atoms with E-state index in [0.717, 1.165) is 25.1 Å². The molecule has 0 saturated carbocycles. The van der Waals surface area contributed by atoms with Crippen LogP contribution >= 0.6 is 0 Å². The molecule has 1 aromatic rings. The van der Waals surface area contributed by atoms with Gasteiger partial charge in [0.05, 0.1) is 11.6 Å². The molecule has 2 heterocycles. The Balaban J connectivity index is 2.03. The van der Waals surface area contributed by atoms with Gasteiger partial charge < -0.3 is 15.0 Å². The number of hydrogen-bond acceptors (Lipinski definition) is 4. The Morgan fingerprint density at radius 2 is 2.00 bits per heavy atom. The third-order valence-corrected chi connectivity index (χ3v) is 4.04. The molecule has 140 valence electrons. The largest absolute Gasteiger partial charge is 0.444 e. The molecule has 0 bridgehead atoms. The first-order valence-electron chi connectivity index (χ1n) is 8.27. The second-order valence-electron chi connectivity index (χ2n) is 7.24. The average Bonchev–Trinajstić information content (AvgIpc) is 2.47. The zero-order chi connectivity index (χ0) is 18.8. The summed E-state index contributed by atoms with van der Waals surface area (Å²) in [6.07, 6.45) is -2.41. The van der Waals surface area contributed by atoms with Crippen LogP contribution in [0.3, 0.4) is 0 Å². The zero-order valence-electron chi connectivity index (χ0n) is 14.9. The fraction of sp³-hybridized carbons (Fsp3) is 0.647. The molecule has 1 fully saturated rings. The van der Waals surface area contributed by atoms with E-state index in [0.29, 0.717) is 12.4 Å². The number of aromatic nitrogens is 1. The molecule has 0 aromatic carbocycles. The van der Waals surface area contributed by atoms with Crippen molar-refractivity contribution in [1.29, 1.82) is 0 Å². The van der Waals surface area contributed by atoms with Crippen molar-refractivity contribution in [3.63, 3.8) is 0 Å². The minimum Gasteiger partial charge on any atom is -0.444 e. The molecule has 1 aliphatic heterocycles. The van der Waals surface area contributed by atoms with Crippen LogP contribution in [0, 0.1) is 0 Å². The summed E-state index contributed by atoms with van der Waals surface area (Å²) in [5.41, 5.74) is -1.36. The van der Waals surface area contributed by atoms with Crippen molar-refractivity contribution in [1.82, 2.24) is 9.88 Å². The fourth-order valence-electron chi connectivity index (χ4n) is 2.75. The highest BCUT2D eigenvalue weighted by Crippen LogP contribution is 2.29. The van der Waals surface area contributed by atoms with E-state index in [4.69, 9.17) is 4.74 Å². The van der Waals surface area contributed by atoms with Gasteiger partial charge in [-0.1, -0.05) is 0 Å². The van der Waals surface area contributed by atoms with Crippen LogP contribution < -0.4 is 5.32 Å². The first-order chi connectivity index (χ1) is 11.5. The summed E-state index contributed by atoms with van der Waals surface area (Å²) in [6, 6.07) is 2.04. The number of pyridine rings is 1. The number of rotatable bonds is 2. The number of carbonyl (C=O) groups excluding carboxylic acids is 1. The van der Waals surface area contributed by atoms with Crippen LogP contribution in [0.2, 0.25) is 0 Å². The lowest BCUT2D eigenvalue weighted by molar-refractivity contribution is -0.137. The van der Waals surface area contributed by atoms with Gasteiger partial charge in [0.1, 0.15) is 11.4 Å². The van der Waals surface area contributed by atoms with Crippen molar-refractivity contribution in [2.45, 2.75) is 64.4 Å². The number of carbonyl (C=O) groups is 1. The number of ether oxygens (including phenoxy) is 1. The van der Waals surface area contributed by atoms with E-state index in [1.165, 1.54) is 6.07 Å². The standard InChI is InChI=1S/C17H24F3N3O2/c1-11-13(6-5-9-23(11)15(24)25-16(2,3)4)22-14-8-7-12(10-21-14)17(18,19)20/h7-8,10-11,13H,5-6,9H2,1-4H3,(H,21,22)/t11-,13+/m1/s1. The molecule has 1 aliphatic rings. The fourth-order valence-corrected chi connectivity index (χ4v) is 2.75. The van der Waals surface area contributed by atoms with Gasteiger partial charge in [-0.05, 0) is 52.7 Å². The molecule has 8 heteroatoms. The molecule has 0 radical (unpaired) electrons. The normalized spacial score (nSPS) is 21.8. The van der Waals surface area contributed by atoms with Crippen molar-refractivity contribution in [2.75, 3.05) is 11.9 Å². The number of likely N-dealkylation sites (tertiary alicyclic amines) is 1. The van der Waals surface area contributed by atoms with Crippen LogP contribution in [-0.4, -0.2) is 40.2 Å². The van der Waals surface area contributed by atoms with Gasteiger partial charge in [-0.15, -0.1) is 0 Å². The van der Waals surface area contributed by atoms with E-state index in [1.807, 2.05) is 6.92 Å². The first kappa shape index (κ1) is 19.3. The van der Waals surface area contributed by atoms with E-state index < -0.39 is 17.3 Å². The number of nitrogens with zero attached hydrogens (tertiary/aromatic N) is 2. The summed E-state index contributed by atoms with van der Waals surface area (Å²) in [6.45, 7) is 7.91. The Hall–Kier alpha value is -1.99. The van der Waals surface area contributed by atoms with Gasteiger partial charge in [0.15, 0.2) is 0 Å². The molecule has 0 unspecified atom stereocenters. The first-order valence-corrected chi connectivity index (χ1v) is 8.27. The Labute approximate surface area is 145 Å². The van der Waals surface area contributed by atoms with Gasteiger partial charge in [0.2, 0.25) is 0 Å². The van der Waals surface area contributed by atoms with Crippen molar-refractivity contribution >= 4 is 11.9 Å². The molecule has 1 saturated heterocycles. The molecule has 2 atom stereocenters. The van der Waals surface area contributed by atoms with Gasteiger partial charge in [0, 0.05) is 18.8 Å². The molecule has 2 rings (SSSR count). The molecular formula is C17H24F3N3O2. The predicted octanol–water partition coefficient (Wildman–Crippen LogP) is 4.30. The number of anilines is 1. The van der Waals surface area contributed by atoms with E-state index >= 15 is 0 Å². The van der Waals surface area contributed by atoms with Crippen LogP contribution in [0.1, 0.15) is 46.1 Å². The number of hydrogen-bond donors (Lipinski definition) is 1. The predicted molar refractivity (Wildman–Crippen MR) is 88.3 cm³/mol. The number of halogens is 3.